The molecule has 2 saturated heterocycles. The third-order valence-electron chi connectivity index (χ3n) is 7.89. The van der Waals surface area contributed by atoms with Crippen molar-refractivity contribution in [1.82, 2.24) is 14.8 Å². The van der Waals surface area contributed by atoms with Crippen LogP contribution in [0.4, 0.5) is 0 Å². The van der Waals surface area contributed by atoms with Gasteiger partial charge in [-0.3, -0.25) is 9.78 Å². The predicted octanol–water partition coefficient (Wildman–Crippen LogP) is 4.60. The molecule has 0 saturated carbocycles. The fraction of sp³-hybridized carbons (Fsp3) is 0.467. The molecule has 5 rings (SSSR count). The number of pyridine rings is 1. The first-order chi connectivity index (χ1) is 17.1. The third kappa shape index (κ3) is 5.91. The molecule has 3 heterocycles. The van der Waals surface area contributed by atoms with Crippen LogP contribution in [0.15, 0.2) is 67.0 Å². The summed E-state index contributed by atoms with van der Waals surface area (Å²) in [5.41, 5.74) is 2.40. The summed E-state index contributed by atoms with van der Waals surface area (Å²) in [7, 11) is 0. The van der Waals surface area contributed by atoms with Crippen molar-refractivity contribution < 1.29 is 9.53 Å². The van der Waals surface area contributed by atoms with Crippen molar-refractivity contribution in [3.63, 3.8) is 0 Å². The van der Waals surface area contributed by atoms with Crippen LogP contribution in [0, 0.1) is 11.3 Å². The van der Waals surface area contributed by atoms with Gasteiger partial charge in [0.1, 0.15) is 0 Å². The van der Waals surface area contributed by atoms with E-state index in [0.29, 0.717) is 31.6 Å². The summed E-state index contributed by atoms with van der Waals surface area (Å²) in [6.45, 7) is 8.04. The van der Waals surface area contributed by atoms with Crippen LogP contribution < -0.4 is 0 Å². The van der Waals surface area contributed by atoms with E-state index in [-0.39, 0.29) is 5.41 Å². The number of likely N-dealkylation sites (tertiary alicyclic amines) is 1. The monoisotopic (exact) mass is 471 g/mol. The molecule has 0 spiro atoms. The summed E-state index contributed by atoms with van der Waals surface area (Å²) >= 11 is 0. The van der Waals surface area contributed by atoms with Gasteiger partial charge in [-0.15, -0.1) is 0 Å². The van der Waals surface area contributed by atoms with Crippen LogP contribution >= 0.6 is 0 Å². The number of carbonyl (C=O) groups is 1. The Morgan fingerprint density at radius 1 is 1.03 bits per heavy atom. The van der Waals surface area contributed by atoms with Crippen LogP contribution in [0.3, 0.4) is 0 Å². The summed E-state index contributed by atoms with van der Waals surface area (Å²) < 4.78 is 5.94. The Kier molecular flexibility index (Phi) is 7.45. The largest absolute Gasteiger partial charge is 0.379 e. The van der Waals surface area contributed by atoms with Gasteiger partial charge in [0.05, 0.1) is 13.2 Å². The van der Waals surface area contributed by atoms with Gasteiger partial charge in [-0.2, -0.15) is 0 Å². The van der Waals surface area contributed by atoms with Crippen LogP contribution in [-0.4, -0.2) is 66.6 Å². The Hall–Kier alpha value is -2.76. The topological polar surface area (TPSA) is 45.7 Å². The molecule has 0 aliphatic carbocycles. The lowest BCUT2D eigenvalue weighted by Gasteiger charge is -2.41. The quantitative estimate of drug-likeness (QED) is 0.527. The van der Waals surface area contributed by atoms with Gasteiger partial charge in [-0.05, 0) is 67.4 Å². The van der Waals surface area contributed by atoms with Gasteiger partial charge in [-0.25, -0.2) is 0 Å². The molecule has 0 N–H and O–H groups in total. The highest BCUT2D eigenvalue weighted by molar-refractivity contribution is 5.83. The van der Waals surface area contributed by atoms with E-state index in [9.17, 15) is 4.79 Å². The van der Waals surface area contributed by atoms with E-state index in [2.05, 4.69) is 70.2 Å². The van der Waals surface area contributed by atoms with Crippen molar-refractivity contribution in [2.45, 2.75) is 32.6 Å². The van der Waals surface area contributed by atoms with Gasteiger partial charge in [0, 0.05) is 48.7 Å². The minimum absolute atomic E-state index is 0.271. The zero-order chi connectivity index (χ0) is 24.1. The molecule has 3 aromatic rings. The van der Waals surface area contributed by atoms with E-state index in [0.717, 1.165) is 51.9 Å². The van der Waals surface area contributed by atoms with E-state index >= 15 is 0 Å². The first-order valence-electron chi connectivity index (χ1n) is 13.1. The zero-order valence-electron chi connectivity index (χ0n) is 20.9. The lowest BCUT2D eigenvalue weighted by Crippen LogP contribution is -2.50. The summed E-state index contributed by atoms with van der Waals surface area (Å²) in [6.07, 6.45) is 7.60. The third-order valence-corrected chi connectivity index (χ3v) is 7.89. The van der Waals surface area contributed by atoms with Gasteiger partial charge in [0.2, 0.25) is 5.91 Å². The lowest BCUT2D eigenvalue weighted by atomic mass is 9.78. The number of hydrogen-bond acceptors (Lipinski definition) is 4. The Bertz CT molecular complexity index is 1120. The maximum atomic E-state index is 13.7. The average Bonchev–Trinajstić information content (AvgIpc) is 3.14. The summed E-state index contributed by atoms with van der Waals surface area (Å²) in [5.74, 6) is 0.628. The van der Waals surface area contributed by atoms with Gasteiger partial charge < -0.3 is 14.5 Å². The minimum Gasteiger partial charge on any atom is -0.379 e. The first kappa shape index (κ1) is 24.0. The van der Waals surface area contributed by atoms with Gasteiger partial charge >= 0.3 is 0 Å². The Balaban J connectivity index is 1.17. The van der Waals surface area contributed by atoms with Crippen molar-refractivity contribution in [3.05, 3.63) is 78.1 Å². The molecule has 2 aromatic carbocycles. The average molecular weight is 472 g/mol. The fourth-order valence-electron chi connectivity index (χ4n) is 5.58. The van der Waals surface area contributed by atoms with Crippen LogP contribution in [0.1, 0.15) is 30.9 Å². The highest BCUT2D eigenvalue weighted by atomic mass is 16.5. The number of aromatic nitrogens is 1. The van der Waals surface area contributed by atoms with Crippen LogP contribution in [0.2, 0.25) is 0 Å². The number of amides is 1. The minimum atomic E-state index is -0.271. The van der Waals surface area contributed by atoms with E-state index < -0.39 is 0 Å². The molecule has 1 amide bonds. The molecule has 0 radical (unpaired) electrons. The molecule has 35 heavy (non-hydrogen) atoms. The van der Waals surface area contributed by atoms with E-state index in [1.807, 2.05) is 18.5 Å². The number of nitrogens with zero attached hydrogens (tertiary/aromatic N) is 3. The lowest BCUT2D eigenvalue weighted by molar-refractivity contribution is -0.144. The molecule has 2 fully saturated rings. The SMILES string of the molecule is CC1(C(=O)N2CCOC[C@H](Cc3ccc4ccncc4c3)C2)CCN(CCc2ccccc2)CC1. The van der Waals surface area contributed by atoms with Crippen molar-refractivity contribution in [1.29, 1.82) is 0 Å². The molecule has 0 bridgehead atoms. The van der Waals surface area contributed by atoms with Gasteiger partial charge in [0.15, 0.2) is 0 Å². The fourth-order valence-corrected chi connectivity index (χ4v) is 5.58. The molecule has 1 aromatic heterocycles. The smallest absolute Gasteiger partial charge is 0.228 e. The molecule has 0 unspecified atom stereocenters. The number of ether oxygens (including phenoxy) is 1. The molecule has 2 aliphatic heterocycles. The number of piperidine rings is 1. The molecule has 1 atom stereocenters. The second kappa shape index (κ2) is 10.9. The number of carbonyl (C=O) groups excluding carboxylic acids is 1. The summed E-state index contributed by atoms with van der Waals surface area (Å²) in [4.78, 5) is 22.6. The highest BCUT2D eigenvalue weighted by Gasteiger charge is 2.40. The second-order valence-corrected chi connectivity index (χ2v) is 10.6. The molecular weight excluding hydrogens is 434 g/mol. The zero-order valence-corrected chi connectivity index (χ0v) is 20.9. The first-order valence-corrected chi connectivity index (χ1v) is 13.1. The Morgan fingerprint density at radius 2 is 1.86 bits per heavy atom. The van der Waals surface area contributed by atoms with E-state index in [1.165, 1.54) is 21.9 Å². The maximum absolute atomic E-state index is 13.7. The number of hydrogen-bond donors (Lipinski definition) is 0. The van der Waals surface area contributed by atoms with Crippen LogP contribution in [0.25, 0.3) is 10.8 Å². The molecule has 184 valence electrons. The van der Waals surface area contributed by atoms with Crippen molar-refractivity contribution in [2.24, 2.45) is 11.3 Å². The van der Waals surface area contributed by atoms with E-state index in [1.54, 1.807) is 0 Å². The van der Waals surface area contributed by atoms with Crippen LogP contribution in [-0.2, 0) is 22.4 Å². The predicted molar refractivity (Wildman–Crippen MR) is 140 cm³/mol. The van der Waals surface area contributed by atoms with Crippen molar-refractivity contribution in [3.8, 4) is 0 Å². The highest BCUT2D eigenvalue weighted by Crippen LogP contribution is 2.34. The Morgan fingerprint density at radius 3 is 2.69 bits per heavy atom. The van der Waals surface area contributed by atoms with E-state index in [4.69, 9.17) is 4.74 Å². The van der Waals surface area contributed by atoms with Gasteiger partial charge in [-0.1, -0.05) is 49.4 Å². The van der Waals surface area contributed by atoms with Crippen LogP contribution in [0.5, 0.6) is 0 Å². The normalized spacial score (nSPS) is 21.1. The Labute approximate surface area is 209 Å². The molecular formula is C30H37N3O2. The number of fused-ring (bicyclic) bond motifs is 1. The second-order valence-electron chi connectivity index (χ2n) is 10.6. The molecule has 5 heteroatoms. The summed E-state index contributed by atoms with van der Waals surface area (Å²) in [6, 6.07) is 19.3. The van der Waals surface area contributed by atoms with Crippen molar-refractivity contribution in [2.75, 3.05) is 45.9 Å². The molecule has 2 aliphatic rings. The number of benzene rings is 2. The number of rotatable bonds is 6. The van der Waals surface area contributed by atoms with Gasteiger partial charge in [0.25, 0.3) is 0 Å². The molecule has 5 nitrogen and oxygen atoms in total. The standard InChI is InChI=1S/C30H37N3O2/c1-30(11-15-32(16-12-30)14-10-24-5-3-2-4-6-24)29(34)33-17-18-35-23-26(22-33)19-25-7-8-27-9-13-31-21-28(27)20-25/h2-9,13,20-21,26H,10-12,14-19,22-23H2,1H3/t26-/m1/s1. The summed E-state index contributed by atoms with van der Waals surface area (Å²) in [5, 5.41) is 2.37. The van der Waals surface area contributed by atoms with Crippen molar-refractivity contribution >= 4 is 16.7 Å². The maximum Gasteiger partial charge on any atom is 0.228 e.